The van der Waals surface area contributed by atoms with Crippen LogP contribution in [0.25, 0.3) is 0 Å². The first-order valence-corrected chi connectivity index (χ1v) is 10.8. The van der Waals surface area contributed by atoms with Crippen LogP contribution in [-0.2, 0) is 14.8 Å². The quantitative estimate of drug-likeness (QED) is 0.674. The van der Waals surface area contributed by atoms with Crippen LogP contribution in [0.3, 0.4) is 0 Å². The minimum Gasteiger partial charge on any atom is -0.360 e. The van der Waals surface area contributed by atoms with Crippen LogP contribution in [-0.4, -0.2) is 44.7 Å². The zero-order valence-electron chi connectivity index (χ0n) is 15.4. The molecule has 1 aliphatic heterocycles. The van der Waals surface area contributed by atoms with Gasteiger partial charge in [0.15, 0.2) is 5.76 Å². The maximum absolute atomic E-state index is 12.9. The van der Waals surface area contributed by atoms with Crippen molar-refractivity contribution in [3.63, 3.8) is 0 Å². The van der Waals surface area contributed by atoms with Crippen molar-refractivity contribution in [2.75, 3.05) is 19.6 Å². The van der Waals surface area contributed by atoms with Crippen molar-refractivity contribution in [2.24, 2.45) is 5.92 Å². The molecule has 1 aromatic rings. The number of rotatable bonds is 6. The zero-order valence-corrected chi connectivity index (χ0v) is 16.2. The normalized spacial score (nSPS) is 23.1. The lowest BCUT2D eigenvalue weighted by Gasteiger charge is -2.30. The van der Waals surface area contributed by atoms with Gasteiger partial charge in [-0.05, 0) is 58.5 Å². The maximum atomic E-state index is 12.9. The van der Waals surface area contributed by atoms with Crippen LogP contribution < -0.4 is 15.4 Å². The highest BCUT2D eigenvalue weighted by atomic mass is 32.2. The van der Waals surface area contributed by atoms with Gasteiger partial charge in [0.25, 0.3) is 0 Å². The summed E-state index contributed by atoms with van der Waals surface area (Å²) < 4.78 is 33.5. The smallest absolute Gasteiger partial charge is 0.246 e. The SMILES string of the molecule is Cc1noc(C)c1S(=O)(=O)NC1(C(=O)NCC2CCCNC2)CCCC1. The summed E-state index contributed by atoms with van der Waals surface area (Å²) in [6.45, 7) is 5.62. The zero-order chi connectivity index (χ0) is 18.8. The summed E-state index contributed by atoms with van der Waals surface area (Å²) in [4.78, 5) is 13.0. The summed E-state index contributed by atoms with van der Waals surface area (Å²) in [5.41, 5.74) is -0.784. The van der Waals surface area contributed by atoms with Crippen LogP contribution >= 0.6 is 0 Å². The molecule has 1 saturated carbocycles. The van der Waals surface area contributed by atoms with Crippen LogP contribution in [0.15, 0.2) is 9.42 Å². The Morgan fingerprint density at radius 1 is 1.31 bits per heavy atom. The van der Waals surface area contributed by atoms with E-state index in [1.165, 1.54) is 0 Å². The molecule has 1 aromatic heterocycles. The van der Waals surface area contributed by atoms with E-state index in [4.69, 9.17) is 4.52 Å². The van der Waals surface area contributed by atoms with E-state index in [0.717, 1.165) is 38.8 Å². The van der Waals surface area contributed by atoms with E-state index in [0.29, 0.717) is 31.0 Å². The van der Waals surface area contributed by atoms with Crippen molar-refractivity contribution < 1.29 is 17.7 Å². The Bertz CT molecular complexity index is 727. The number of aryl methyl sites for hydroxylation is 2. The number of sulfonamides is 1. The van der Waals surface area contributed by atoms with Gasteiger partial charge in [-0.2, -0.15) is 4.72 Å². The topological polar surface area (TPSA) is 113 Å². The second-order valence-corrected chi connectivity index (χ2v) is 9.09. The van der Waals surface area contributed by atoms with Gasteiger partial charge in [0.1, 0.15) is 16.1 Å². The molecule has 1 amide bonds. The Labute approximate surface area is 154 Å². The van der Waals surface area contributed by atoms with Crippen molar-refractivity contribution in [3.8, 4) is 0 Å². The average Bonchev–Trinajstić information content (AvgIpc) is 3.20. The minimum atomic E-state index is -3.89. The van der Waals surface area contributed by atoms with Crippen LogP contribution in [0.5, 0.6) is 0 Å². The largest absolute Gasteiger partial charge is 0.360 e. The van der Waals surface area contributed by atoms with Crippen molar-refractivity contribution in [2.45, 2.75) is 62.8 Å². The van der Waals surface area contributed by atoms with Gasteiger partial charge in [0.2, 0.25) is 15.9 Å². The fourth-order valence-electron chi connectivity index (χ4n) is 4.02. The average molecular weight is 385 g/mol. The summed E-state index contributed by atoms with van der Waals surface area (Å²) in [6, 6.07) is 0. The number of amides is 1. The number of nitrogens with zero attached hydrogens (tertiary/aromatic N) is 1. The lowest BCUT2D eigenvalue weighted by molar-refractivity contribution is -0.127. The molecular weight excluding hydrogens is 356 g/mol. The number of piperidine rings is 1. The molecule has 0 bridgehead atoms. The summed E-state index contributed by atoms with van der Waals surface area (Å²) in [5, 5.41) is 10.0. The van der Waals surface area contributed by atoms with E-state index in [-0.39, 0.29) is 16.6 Å². The van der Waals surface area contributed by atoms with E-state index >= 15 is 0 Å². The standard InChI is InChI=1S/C17H28N4O4S/c1-12-15(13(2)25-20-12)26(23,24)21-17(7-3-4-8-17)16(22)19-11-14-6-5-9-18-10-14/h14,18,21H,3-11H2,1-2H3,(H,19,22). The van der Waals surface area contributed by atoms with Gasteiger partial charge in [0, 0.05) is 6.54 Å². The third kappa shape index (κ3) is 3.94. The van der Waals surface area contributed by atoms with Crippen LogP contribution in [0.1, 0.15) is 50.0 Å². The fraction of sp³-hybridized carbons (Fsp3) is 0.765. The monoisotopic (exact) mass is 384 g/mol. The van der Waals surface area contributed by atoms with Crippen molar-refractivity contribution >= 4 is 15.9 Å². The van der Waals surface area contributed by atoms with Crippen LogP contribution in [0.2, 0.25) is 0 Å². The molecule has 0 radical (unpaired) electrons. The number of hydrogen-bond donors (Lipinski definition) is 3. The molecule has 2 aliphatic rings. The van der Waals surface area contributed by atoms with Crippen LogP contribution in [0, 0.1) is 19.8 Å². The minimum absolute atomic E-state index is 0.0352. The molecule has 26 heavy (non-hydrogen) atoms. The third-order valence-corrected chi connectivity index (χ3v) is 7.19. The van der Waals surface area contributed by atoms with Gasteiger partial charge < -0.3 is 15.2 Å². The number of hydrogen-bond acceptors (Lipinski definition) is 6. The molecule has 3 N–H and O–H groups in total. The second-order valence-electron chi connectivity index (χ2n) is 7.47. The molecule has 1 atom stereocenters. The molecule has 0 aromatic carbocycles. The summed E-state index contributed by atoms with van der Waals surface area (Å²) in [5.74, 6) is 0.401. The van der Waals surface area contributed by atoms with E-state index in [2.05, 4.69) is 20.5 Å². The summed E-state index contributed by atoms with van der Waals surface area (Å²) in [6.07, 6.45) is 4.83. The number of nitrogens with one attached hydrogen (secondary N) is 3. The maximum Gasteiger partial charge on any atom is 0.246 e. The predicted molar refractivity (Wildman–Crippen MR) is 96.1 cm³/mol. The highest BCUT2D eigenvalue weighted by molar-refractivity contribution is 7.89. The first-order chi connectivity index (χ1) is 12.3. The van der Waals surface area contributed by atoms with Gasteiger partial charge >= 0.3 is 0 Å². The van der Waals surface area contributed by atoms with E-state index < -0.39 is 15.6 Å². The number of carbonyl (C=O) groups excluding carboxylic acids is 1. The summed E-state index contributed by atoms with van der Waals surface area (Å²) in [7, 11) is -3.89. The lowest BCUT2D eigenvalue weighted by atomic mass is 9.96. The fourth-order valence-corrected chi connectivity index (χ4v) is 5.78. The second kappa shape index (κ2) is 7.66. The third-order valence-electron chi connectivity index (χ3n) is 5.41. The molecular formula is C17H28N4O4S. The Balaban J connectivity index is 1.74. The van der Waals surface area contributed by atoms with E-state index in [9.17, 15) is 13.2 Å². The Morgan fingerprint density at radius 2 is 2.04 bits per heavy atom. The van der Waals surface area contributed by atoms with Crippen molar-refractivity contribution in [1.29, 1.82) is 0 Å². The van der Waals surface area contributed by atoms with Gasteiger partial charge in [0.05, 0.1) is 0 Å². The van der Waals surface area contributed by atoms with Gasteiger partial charge in [-0.3, -0.25) is 4.79 Å². The lowest BCUT2D eigenvalue weighted by Crippen LogP contribution is -2.58. The molecule has 9 heteroatoms. The highest BCUT2D eigenvalue weighted by Gasteiger charge is 2.45. The number of aromatic nitrogens is 1. The van der Waals surface area contributed by atoms with E-state index in [1.807, 2.05) is 0 Å². The van der Waals surface area contributed by atoms with Gasteiger partial charge in [-0.15, -0.1) is 0 Å². The molecule has 2 fully saturated rings. The first kappa shape index (κ1) is 19.3. The molecule has 3 rings (SSSR count). The molecule has 1 unspecified atom stereocenters. The van der Waals surface area contributed by atoms with Crippen molar-refractivity contribution in [3.05, 3.63) is 11.5 Å². The van der Waals surface area contributed by atoms with Crippen LogP contribution in [0.4, 0.5) is 0 Å². The highest BCUT2D eigenvalue weighted by Crippen LogP contribution is 2.32. The number of carbonyl (C=O) groups is 1. The Hall–Kier alpha value is -1.45. The molecule has 0 spiro atoms. The molecule has 146 valence electrons. The molecule has 2 heterocycles. The summed E-state index contributed by atoms with van der Waals surface area (Å²) >= 11 is 0. The first-order valence-electron chi connectivity index (χ1n) is 9.30. The van der Waals surface area contributed by atoms with Gasteiger partial charge in [-0.1, -0.05) is 18.0 Å². The predicted octanol–water partition coefficient (Wildman–Crippen LogP) is 0.998. The van der Waals surface area contributed by atoms with Crippen molar-refractivity contribution in [1.82, 2.24) is 20.5 Å². The molecule has 8 nitrogen and oxygen atoms in total. The Kier molecular flexibility index (Phi) is 5.69. The molecule has 1 aliphatic carbocycles. The Morgan fingerprint density at radius 3 is 2.62 bits per heavy atom. The molecule has 1 saturated heterocycles. The van der Waals surface area contributed by atoms with Gasteiger partial charge in [-0.25, -0.2) is 8.42 Å². The van der Waals surface area contributed by atoms with E-state index in [1.54, 1.807) is 13.8 Å².